The van der Waals surface area contributed by atoms with Crippen molar-refractivity contribution < 1.29 is 10.2 Å². The number of nitrogens with zero attached hydrogens (tertiary/aromatic N) is 4. The zero-order valence-electron chi connectivity index (χ0n) is 28.8. The highest BCUT2D eigenvalue weighted by molar-refractivity contribution is 6.85. The average molecular weight is 635 g/mol. The highest BCUT2D eigenvalue weighted by Gasteiger charge is 2.19. The Hall–Kier alpha value is -2.37. The number of aliphatic hydroxyl groups excluding tert-OH is 2. The highest BCUT2D eigenvalue weighted by Crippen LogP contribution is 2.21. The van der Waals surface area contributed by atoms with Crippen LogP contribution in [0.5, 0.6) is 0 Å². The molecule has 2 N–H and O–H groups in total. The van der Waals surface area contributed by atoms with E-state index in [2.05, 4.69) is 69.1 Å². The summed E-state index contributed by atoms with van der Waals surface area (Å²) in [6.45, 7) is 17.3. The van der Waals surface area contributed by atoms with Crippen molar-refractivity contribution in [2.45, 2.75) is 142 Å². The van der Waals surface area contributed by atoms with Gasteiger partial charge in [-0.1, -0.05) is 118 Å². The monoisotopic (exact) mass is 634 g/mol. The normalized spacial score (nSPS) is 13.3. The van der Waals surface area contributed by atoms with Gasteiger partial charge in [0.15, 0.2) is 0 Å². The SMILES string of the molecule is CC(C)C(O)c1cnc(C#C[Si](C)(C)CCCCCCCCCCCC[Si](C)(C)C#Cc2ncc(C(O)C(C)C)cn2)nc1. The van der Waals surface area contributed by atoms with Gasteiger partial charge in [0.2, 0.25) is 11.6 Å². The first-order valence-corrected chi connectivity index (χ1v) is 23.3. The quantitative estimate of drug-likeness (QED) is 0.103. The van der Waals surface area contributed by atoms with Crippen LogP contribution in [0.3, 0.4) is 0 Å². The third-order valence-electron chi connectivity index (χ3n) is 8.17. The zero-order valence-corrected chi connectivity index (χ0v) is 30.8. The van der Waals surface area contributed by atoms with Gasteiger partial charge in [-0.25, -0.2) is 19.9 Å². The second-order valence-electron chi connectivity index (χ2n) is 14.4. The van der Waals surface area contributed by atoms with E-state index in [0.29, 0.717) is 11.6 Å². The molecule has 2 atom stereocenters. The summed E-state index contributed by atoms with van der Waals surface area (Å²) in [5.74, 6) is 7.78. The number of rotatable bonds is 17. The van der Waals surface area contributed by atoms with E-state index in [1.54, 1.807) is 24.8 Å². The number of aromatic nitrogens is 4. The average Bonchev–Trinajstić information content (AvgIpc) is 2.99. The lowest BCUT2D eigenvalue weighted by Crippen LogP contribution is -2.23. The Kier molecular flexibility index (Phi) is 16.5. The predicted octanol–water partition coefficient (Wildman–Crippen LogP) is 8.44. The molecule has 0 aromatic carbocycles. The van der Waals surface area contributed by atoms with Crippen molar-refractivity contribution in [2.75, 3.05) is 0 Å². The Morgan fingerprint density at radius 1 is 0.523 bits per heavy atom. The van der Waals surface area contributed by atoms with Gasteiger partial charge in [-0.3, -0.25) is 0 Å². The van der Waals surface area contributed by atoms with Gasteiger partial charge in [0.1, 0.15) is 16.1 Å². The van der Waals surface area contributed by atoms with Gasteiger partial charge in [0, 0.05) is 35.9 Å². The van der Waals surface area contributed by atoms with E-state index < -0.39 is 28.4 Å². The molecule has 2 aromatic rings. The van der Waals surface area contributed by atoms with Crippen LogP contribution in [0.15, 0.2) is 24.8 Å². The van der Waals surface area contributed by atoms with E-state index in [0.717, 1.165) is 11.1 Å². The smallest absolute Gasteiger partial charge is 0.204 e. The lowest BCUT2D eigenvalue weighted by molar-refractivity contribution is 0.126. The van der Waals surface area contributed by atoms with Crippen LogP contribution in [0.2, 0.25) is 38.3 Å². The molecule has 0 amide bonds. The third-order valence-corrected chi connectivity index (χ3v) is 13.0. The minimum atomic E-state index is -1.59. The van der Waals surface area contributed by atoms with Gasteiger partial charge in [-0.05, 0) is 35.8 Å². The molecule has 0 radical (unpaired) electrons. The Bertz CT molecular complexity index is 1130. The minimum Gasteiger partial charge on any atom is -0.388 e. The van der Waals surface area contributed by atoms with E-state index in [9.17, 15) is 10.2 Å². The number of hydrogen-bond acceptors (Lipinski definition) is 6. The molecule has 0 aliphatic carbocycles. The van der Waals surface area contributed by atoms with Crippen molar-refractivity contribution in [2.24, 2.45) is 11.8 Å². The second kappa shape index (κ2) is 19.2. The largest absolute Gasteiger partial charge is 0.388 e. The fourth-order valence-corrected chi connectivity index (χ4v) is 8.42. The molecule has 2 rings (SSSR count). The molecule has 242 valence electrons. The van der Waals surface area contributed by atoms with Crippen LogP contribution in [-0.2, 0) is 0 Å². The molecule has 0 bridgehead atoms. The first-order chi connectivity index (χ1) is 20.8. The van der Waals surface area contributed by atoms with Crippen molar-refractivity contribution in [3.8, 4) is 22.9 Å². The molecule has 6 nitrogen and oxygen atoms in total. The summed E-state index contributed by atoms with van der Waals surface area (Å²) in [6, 6.07) is 2.44. The Morgan fingerprint density at radius 2 is 0.795 bits per heavy atom. The molecular formula is C36H58N4O2Si2. The Morgan fingerprint density at radius 3 is 1.07 bits per heavy atom. The van der Waals surface area contributed by atoms with Gasteiger partial charge < -0.3 is 10.2 Å². The molecule has 0 fully saturated rings. The molecule has 0 saturated heterocycles. The van der Waals surface area contributed by atoms with Crippen molar-refractivity contribution in [1.29, 1.82) is 0 Å². The van der Waals surface area contributed by atoms with Crippen molar-refractivity contribution in [1.82, 2.24) is 19.9 Å². The van der Waals surface area contributed by atoms with Crippen LogP contribution >= 0.6 is 0 Å². The van der Waals surface area contributed by atoms with Gasteiger partial charge in [0.25, 0.3) is 0 Å². The number of aliphatic hydroxyl groups is 2. The van der Waals surface area contributed by atoms with Gasteiger partial charge >= 0.3 is 0 Å². The summed E-state index contributed by atoms with van der Waals surface area (Å²) in [4.78, 5) is 17.4. The maximum atomic E-state index is 10.2. The Balaban J connectivity index is 1.53. The van der Waals surface area contributed by atoms with Crippen molar-refractivity contribution in [3.63, 3.8) is 0 Å². The summed E-state index contributed by atoms with van der Waals surface area (Å²) < 4.78 is 0. The molecule has 2 unspecified atom stereocenters. The first kappa shape index (κ1) is 37.8. The van der Waals surface area contributed by atoms with Gasteiger partial charge in [-0.2, -0.15) is 0 Å². The maximum Gasteiger partial charge on any atom is 0.204 e. The summed E-state index contributed by atoms with van der Waals surface area (Å²) >= 11 is 0. The number of unbranched alkanes of at least 4 members (excludes halogenated alkanes) is 9. The highest BCUT2D eigenvalue weighted by atomic mass is 28.3. The molecule has 2 aromatic heterocycles. The zero-order chi connectivity index (χ0) is 32.6. The van der Waals surface area contributed by atoms with Crippen LogP contribution in [0.25, 0.3) is 0 Å². The molecule has 2 heterocycles. The van der Waals surface area contributed by atoms with Gasteiger partial charge in [-0.15, -0.1) is 11.1 Å². The molecule has 0 saturated carbocycles. The molecule has 0 aliphatic rings. The first-order valence-electron chi connectivity index (χ1n) is 16.9. The topological polar surface area (TPSA) is 92.0 Å². The van der Waals surface area contributed by atoms with E-state index >= 15 is 0 Å². The lowest BCUT2D eigenvalue weighted by atomic mass is 10.0. The van der Waals surface area contributed by atoms with E-state index in [1.165, 1.54) is 76.3 Å². The van der Waals surface area contributed by atoms with Crippen LogP contribution < -0.4 is 0 Å². The van der Waals surface area contributed by atoms with Crippen LogP contribution in [0, 0.1) is 34.8 Å². The molecule has 0 aliphatic heterocycles. The molecule has 0 spiro atoms. The van der Waals surface area contributed by atoms with Crippen LogP contribution in [-0.4, -0.2) is 46.3 Å². The molecular weight excluding hydrogens is 577 g/mol. The lowest BCUT2D eigenvalue weighted by Gasteiger charge is -2.15. The van der Waals surface area contributed by atoms with E-state index in [1.807, 2.05) is 27.7 Å². The second-order valence-corrected chi connectivity index (χ2v) is 23.4. The summed E-state index contributed by atoms with van der Waals surface area (Å²) in [5, 5.41) is 20.3. The van der Waals surface area contributed by atoms with E-state index in [4.69, 9.17) is 0 Å². The predicted molar refractivity (Wildman–Crippen MR) is 188 cm³/mol. The maximum absolute atomic E-state index is 10.2. The summed E-state index contributed by atoms with van der Waals surface area (Å²) in [5.41, 5.74) is 8.50. The third kappa shape index (κ3) is 15.1. The van der Waals surface area contributed by atoms with Crippen molar-refractivity contribution >= 4 is 16.1 Å². The fraction of sp³-hybridized carbons (Fsp3) is 0.667. The van der Waals surface area contributed by atoms with Crippen LogP contribution in [0.1, 0.15) is 127 Å². The van der Waals surface area contributed by atoms with Crippen LogP contribution in [0.4, 0.5) is 0 Å². The van der Waals surface area contributed by atoms with E-state index in [-0.39, 0.29) is 11.8 Å². The van der Waals surface area contributed by atoms with Crippen molar-refractivity contribution in [3.05, 3.63) is 47.6 Å². The van der Waals surface area contributed by atoms with Gasteiger partial charge in [0.05, 0.1) is 12.2 Å². The standard InChI is InChI=1S/C36H58N4O2Si2/c1-29(2)35(41)31-25-37-33(38-26-31)19-23-43(5,6)21-17-15-13-11-9-10-12-14-16-18-22-44(7,8)24-20-34-39-27-32(28-40-34)36(42)30(3)4/h25-30,35-36,41-42H,9-18,21-22H2,1-8H3. The molecule has 44 heavy (non-hydrogen) atoms. The fourth-order valence-electron chi connectivity index (χ4n) is 5.00. The number of hydrogen-bond donors (Lipinski definition) is 2. The molecule has 8 heteroatoms. The minimum absolute atomic E-state index is 0.142. The summed E-state index contributed by atoms with van der Waals surface area (Å²) in [6.07, 6.45) is 18.9. The summed E-state index contributed by atoms with van der Waals surface area (Å²) in [7, 11) is -3.18. The Labute approximate surface area is 270 Å².